The van der Waals surface area contributed by atoms with Gasteiger partial charge in [0.25, 0.3) is 0 Å². The molecule has 1 aromatic heterocycles. The van der Waals surface area contributed by atoms with E-state index >= 15 is 0 Å². The highest BCUT2D eigenvalue weighted by Gasteiger charge is 2.11. The molecule has 0 atom stereocenters. The van der Waals surface area contributed by atoms with Gasteiger partial charge >= 0.3 is 0 Å². The quantitative estimate of drug-likeness (QED) is 0.712. The van der Waals surface area contributed by atoms with E-state index < -0.39 is 15.7 Å². The molecule has 3 nitrogen and oxygen atoms in total. The SMILES string of the molecule is CS(=O)(=O)c1ccc(F)c(NCc2cc(Br)c(Br)s2)c1. The summed E-state index contributed by atoms with van der Waals surface area (Å²) in [6, 6.07) is 5.63. The van der Waals surface area contributed by atoms with Gasteiger partial charge in [-0.25, -0.2) is 12.8 Å². The molecule has 0 saturated carbocycles. The minimum Gasteiger partial charge on any atom is -0.378 e. The van der Waals surface area contributed by atoms with Crippen molar-refractivity contribution in [1.82, 2.24) is 0 Å². The van der Waals surface area contributed by atoms with Gasteiger partial charge in [0.1, 0.15) is 5.82 Å². The highest BCUT2D eigenvalue weighted by molar-refractivity contribution is 9.13. The van der Waals surface area contributed by atoms with Crippen LogP contribution in [0.5, 0.6) is 0 Å². The van der Waals surface area contributed by atoms with Gasteiger partial charge < -0.3 is 5.32 Å². The second-order valence-corrected chi connectivity index (χ2v) is 9.43. The lowest BCUT2D eigenvalue weighted by Gasteiger charge is -2.08. The Labute approximate surface area is 137 Å². The van der Waals surface area contributed by atoms with Gasteiger partial charge in [0.05, 0.1) is 14.4 Å². The number of benzene rings is 1. The van der Waals surface area contributed by atoms with Crippen molar-refractivity contribution in [1.29, 1.82) is 0 Å². The van der Waals surface area contributed by atoms with Crippen LogP contribution < -0.4 is 5.32 Å². The first-order chi connectivity index (χ1) is 9.27. The number of sulfone groups is 1. The first kappa shape index (κ1) is 15.9. The number of halogens is 3. The molecule has 0 unspecified atom stereocenters. The molecule has 1 heterocycles. The molecular formula is C12H10Br2FNO2S2. The lowest BCUT2D eigenvalue weighted by molar-refractivity contribution is 0.600. The van der Waals surface area contributed by atoms with E-state index in [2.05, 4.69) is 37.2 Å². The van der Waals surface area contributed by atoms with E-state index in [1.54, 1.807) is 0 Å². The van der Waals surface area contributed by atoms with E-state index in [0.717, 1.165) is 25.5 Å². The Bertz CT molecular complexity index is 724. The zero-order valence-corrected chi connectivity index (χ0v) is 15.1. The fourth-order valence-electron chi connectivity index (χ4n) is 1.53. The molecular weight excluding hydrogens is 433 g/mol. The Morgan fingerprint density at radius 1 is 1.30 bits per heavy atom. The molecule has 1 N–H and O–H groups in total. The predicted molar refractivity (Wildman–Crippen MR) is 86.6 cm³/mol. The fourth-order valence-corrected chi connectivity index (χ4v) is 4.30. The van der Waals surface area contributed by atoms with E-state index in [1.165, 1.54) is 23.5 Å². The molecule has 108 valence electrons. The van der Waals surface area contributed by atoms with Crippen molar-refractivity contribution >= 4 is 58.7 Å². The summed E-state index contributed by atoms with van der Waals surface area (Å²) >= 11 is 8.28. The van der Waals surface area contributed by atoms with Crippen LogP contribution in [0.15, 0.2) is 37.4 Å². The van der Waals surface area contributed by atoms with E-state index in [1.807, 2.05) is 6.07 Å². The van der Waals surface area contributed by atoms with Gasteiger partial charge in [-0.05, 0) is 56.1 Å². The van der Waals surface area contributed by atoms with Gasteiger partial charge in [-0.2, -0.15) is 0 Å². The molecule has 0 bridgehead atoms. The second-order valence-electron chi connectivity index (χ2n) is 4.10. The zero-order chi connectivity index (χ0) is 14.9. The molecule has 0 radical (unpaired) electrons. The third-order valence-electron chi connectivity index (χ3n) is 2.52. The fraction of sp³-hybridized carbons (Fsp3) is 0.167. The molecule has 0 aliphatic carbocycles. The van der Waals surface area contributed by atoms with Crippen molar-refractivity contribution in [3.05, 3.63) is 43.2 Å². The standard InChI is InChI=1S/C12H10Br2FNO2S2/c1-20(17,18)8-2-3-10(15)11(5-8)16-6-7-4-9(13)12(14)19-7/h2-5,16H,6H2,1H3. The van der Waals surface area contributed by atoms with Crippen LogP contribution in [0.2, 0.25) is 0 Å². The van der Waals surface area contributed by atoms with Crippen LogP contribution in [0, 0.1) is 5.82 Å². The number of thiophene rings is 1. The Balaban J connectivity index is 2.21. The van der Waals surface area contributed by atoms with Crippen LogP contribution >= 0.6 is 43.2 Å². The third kappa shape index (κ3) is 3.81. The molecule has 0 fully saturated rings. The van der Waals surface area contributed by atoms with Crippen LogP contribution in [0.1, 0.15) is 4.88 Å². The average Bonchev–Trinajstić information content (AvgIpc) is 2.66. The number of hydrogen-bond donors (Lipinski definition) is 1. The Morgan fingerprint density at radius 3 is 2.55 bits per heavy atom. The van der Waals surface area contributed by atoms with Crippen molar-refractivity contribution < 1.29 is 12.8 Å². The van der Waals surface area contributed by atoms with Crippen LogP contribution in [-0.2, 0) is 16.4 Å². The van der Waals surface area contributed by atoms with Crippen molar-refractivity contribution in [3.8, 4) is 0 Å². The average molecular weight is 443 g/mol. The van der Waals surface area contributed by atoms with E-state index in [0.29, 0.717) is 6.54 Å². The number of hydrogen-bond acceptors (Lipinski definition) is 4. The summed E-state index contributed by atoms with van der Waals surface area (Å²) in [5.41, 5.74) is 0.175. The van der Waals surface area contributed by atoms with E-state index in [9.17, 15) is 12.8 Å². The highest BCUT2D eigenvalue weighted by atomic mass is 79.9. The lowest BCUT2D eigenvalue weighted by atomic mass is 10.3. The first-order valence-corrected chi connectivity index (χ1v) is 9.74. The Kier molecular flexibility index (Phi) is 4.88. The zero-order valence-electron chi connectivity index (χ0n) is 10.3. The molecule has 8 heteroatoms. The summed E-state index contributed by atoms with van der Waals surface area (Å²) in [5, 5.41) is 2.91. The minimum atomic E-state index is -3.35. The Hall–Kier alpha value is -0.440. The summed E-state index contributed by atoms with van der Waals surface area (Å²) < 4.78 is 38.5. The second kappa shape index (κ2) is 6.13. The maximum absolute atomic E-state index is 13.7. The van der Waals surface area contributed by atoms with Crippen molar-refractivity contribution in [3.63, 3.8) is 0 Å². The molecule has 20 heavy (non-hydrogen) atoms. The maximum atomic E-state index is 13.7. The Morgan fingerprint density at radius 2 is 2.00 bits per heavy atom. The highest BCUT2D eigenvalue weighted by Crippen LogP contribution is 2.33. The summed E-state index contributed by atoms with van der Waals surface area (Å²) in [6.07, 6.45) is 1.09. The molecule has 2 aromatic rings. The van der Waals surface area contributed by atoms with E-state index in [-0.39, 0.29) is 10.6 Å². The van der Waals surface area contributed by atoms with Gasteiger partial charge in [-0.1, -0.05) is 0 Å². The number of anilines is 1. The normalized spacial score (nSPS) is 11.6. The number of nitrogens with one attached hydrogen (secondary N) is 1. The summed E-state index contributed by atoms with van der Waals surface area (Å²) in [4.78, 5) is 1.09. The maximum Gasteiger partial charge on any atom is 0.175 e. The van der Waals surface area contributed by atoms with Gasteiger partial charge in [-0.3, -0.25) is 0 Å². The molecule has 1 aromatic carbocycles. The molecule has 0 saturated heterocycles. The largest absolute Gasteiger partial charge is 0.378 e. The van der Waals surface area contributed by atoms with E-state index in [4.69, 9.17) is 0 Å². The topological polar surface area (TPSA) is 46.2 Å². The van der Waals surface area contributed by atoms with Crippen molar-refractivity contribution in [2.45, 2.75) is 11.4 Å². The van der Waals surface area contributed by atoms with Crippen molar-refractivity contribution in [2.24, 2.45) is 0 Å². The summed E-state index contributed by atoms with van der Waals surface area (Å²) in [5.74, 6) is -0.480. The van der Waals surface area contributed by atoms with Gasteiger partial charge in [-0.15, -0.1) is 11.3 Å². The molecule has 0 aliphatic rings. The molecule has 0 amide bonds. The number of rotatable bonds is 4. The smallest absolute Gasteiger partial charge is 0.175 e. The predicted octanol–water partition coefficient (Wildman–Crippen LogP) is 4.43. The molecule has 0 spiro atoms. The molecule has 0 aliphatic heterocycles. The molecule has 2 rings (SSSR count). The van der Waals surface area contributed by atoms with Crippen LogP contribution in [0.25, 0.3) is 0 Å². The third-order valence-corrected chi connectivity index (χ3v) is 6.88. The minimum absolute atomic E-state index is 0.0925. The summed E-state index contributed by atoms with van der Waals surface area (Å²) in [6.45, 7) is 0.416. The van der Waals surface area contributed by atoms with Crippen molar-refractivity contribution in [2.75, 3.05) is 11.6 Å². The summed E-state index contributed by atoms with van der Waals surface area (Å²) in [7, 11) is -3.35. The van der Waals surface area contributed by atoms with Crippen LogP contribution in [-0.4, -0.2) is 14.7 Å². The van der Waals surface area contributed by atoms with Crippen LogP contribution in [0.4, 0.5) is 10.1 Å². The van der Waals surface area contributed by atoms with Crippen LogP contribution in [0.3, 0.4) is 0 Å². The monoisotopic (exact) mass is 441 g/mol. The lowest BCUT2D eigenvalue weighted by Crippen LogP contribution is -2.03. The first-order valence-electron chi connectivity index (χ1n) is 5.44. The van der Waals surface area contributed by atoms with Gasteiger partial charge in [0.15, 0.2) is 9.84 Å². The van der Waals surface area contributed by atoms with Gasteiger partial charge in [0.2, 0.25) is 0 Å². The van der Waals surface area contributed by atoms with Gasteiger partial charge in [0, 0.05) is 22.2 Å².